The van der Waals surface area contributed by atoms with Gasteiger partial charge in [-0.15, -0.1) is 0 Å². The van der Waals surface area contributed by atoms with Gasteiger partial charge < -0.3 is 34.3 Å². The molecule has 4 rings (SSSR count). The molecule has 2 aliphatic heterocycles. The third-order valence-electron chi connectivity index (χ3n) is 7.55. The van der Waals surface area contributed by atoms with E-state index in [9.17, 15) is 24.9 Å². The van der Waals surface area contributed by atoms with Crippen LogP contribution < -0.4 is 0 Å². The molecule has 0 spiro atoms. The summed E-state index contributed by atoms with van der Waals surface area (Å²) in [6.07, 6.45) is -3.16. The Hall–Kier alpha value is -1.78. The first-order valence-corrected chi connectivity index (χ1v) is 10.9. The zero-order valence-electron chi connectivity index (χ0n) is 19.5. The third kappa shape index (κ3) is 2.88. The van der Waals surface area contributed by atoms with Crippen molar-refractivity contribution in [2.75, 3.05) is 0 Å². The molecule has 0 radical (unpaired) electrons. The standard InChI is InChI=1S/C23H32O9/c1-8-10(2)18(25)29-16-11(3)13-14(15(16)24)21(6,27)9-12-23(28)17(13)30-19(26)22(23,7)32-20(4,5)31-12/h8,12,14-17,24,27-28H,9H2,1-7H3/b10-8+/t12-,14+,15-,16-,17-,21-,22+,23+/m0/s1. The summed E-state index contributed by atoms with van der Waals surface area (Å²) < 4.78 is 23.1. The van der Waals surface area contributed by atoms with Crippen molar-refractivity contribution in [1.29, 1.82) is 0 Å². The number of allylic oxidation sites excluding steroid dienone is 1. The number of aliphatic hydroxyl groups excluding tert-OH is 1. The van der Waals surface area contributed by atoms with E-state index in [0.29, 0.717) is 16.7 Å². The second kappa shape index (κ2) is 6.87. The Labute approximate surface area is 187 Å². The molecule has 4 aliphatic rings. The molecular formula is C23H32O9. The lowest BCUT2D eigenvalue weighted by Crippen LogP contribution is -2.72. The summed E-state index contributed by atoms with van der Waals surface area (Å²) >= 11 is 0. The van der Waals surface area contributed by atoms with Crippen LogP contribution in [0.4, 0.5) is 0 Å². The van der Waals surface area contributed by atoms with Gasteiger partial charge in [-0.05, 0) is 59.6 Å². The topological polar surface area (TPSA) is 132 Å². The summed E-state index contributed by atoms with van der Waals surface area (Å²) in [7, 11) is 0. The average molecular weight is 453 g/mol. The molecule has 9 nitrogen and oxygen atoms in total. The van der Waals surface area contributed by atoms with Crippen molar-refractivity contribution in [1.82, 2.24) is 0 Å². The molecule has 0 unspecified atom stereocenters. The zero-order valence-corrected chi connectivity index (χ0v) is 19.5. The minimum atomic E-state index is -1.97. The first-order chi connectivity index (χ1) is 14.6. The van der Waals surface area contributed by atoms with Crippen LogP contribution in [0.15, 0.2) is 22.8 Å². The second-order valence-electron chi connectivity index (χ2n) is 10.2. The van der Waals surface area contributed by atoms with E-state index in [1.807, 2.05) is 0 Å². The van der Waals surface area contributed by atoms with Crippen LogP contribution >= 0.6 is 0 Å². The molecule has 0 aromatic rings. The quantitative estimate of drug-likeness (QED) is 0.317. The number of ether oxygens (including phenoxy) is 4. The molecule has 3 fully saturated rings. The van der Waals surface area contributed by atoms with Gasteiger partial charge in [-0.2, -0.15) is 0 Å². The fourth-order valence-electron chi connectivity index (χ4n) is 5.85. The van der Waals surface area contributed by atoms with E-state index in [0.717, 1.165) is 0 Å². The highest BCUT2D eigenvalue weighted by Gasteiger charge is 2.78. The van der Waals surface area contributed by atoms with Crippen molar-refractivity contribution < 1.29 is 43.9 Å². The molecular weight excluding hydrogens is 420 g/mol. The number of esters is 2. The van der Waals surface area contributed by atoms with Crippen LogP contribution in [0.3, 0.4) is 0 Å². The van der Waals surface area contributed by atoms with E-state index in [-0.39, 0.29) is 6.42 Å². The lowest BCUT2D eigenvalue weighted by atomic mass is 9.74. The van der Waals surface area contributed by atoms with Gasteiger partial charge in [0, 0.05) is 17.9 Å². The molecule has 0 amide bonds. The second-order valence-corrected chi connectivity index (χ2v) is 10.2. The van der Waals surface area contributed by atoms with E-state index in [1.54, 1.807) is 40.7 Å². The number of fused-ring (bicyclic) bond motifs is 2. The van der Waals surface area contributed by atoms with Crippen molar-refractivity contribution in [2.24, 2.45) is 5.92 Å². The van der Waals surface area contributed by atoms with Gasteiger partial charge in [0.25, 0.3) is 0 Å². The van der Waals surface area contributed by atoms with Crippen molar-refractivity contribution in [3.8, 4) is 0 Å². The van der Waals surface area contributed by atoms with Gasteiger partial charge in [-0.3, -0.25) is 0 Å². The van der Waals surface area contributed by atoms with Crippen LogP contribution in [0.1, 0.15) is 54.9 Å². The minimum absolute atomic E-state index is 0.105. The SMILES string of the molecule is C/C=C(\C)C(=O)O[C@H]1C(C)=C2[C@H]([C@@H]1O)[C@@](C)(O)C[C@@H]1OC(C)(C)O[C@]3(C)C(=O)O[C@@H]2[C@]13O. The summed E-state index contributed by atoms with van der Waals surface area (Å²) in [4.78, 5) is 25.4. The summed E-state index contributed by atoms with van der Waals surface area (Å²) in [5.41, 5.74) is -4.19. The maximum Gasteiger partial charge on any atom is 0.342 e. The van der Waals surface area contributed by atoms with Crippen LogP contribution in [-0.4, -0.2) is 74.3 Å². The Kier molecular flexibility index (Phi) is 5.02. The molecule has 178 valence electrons. The first-order valence-electron chi connectivity index (χ1n) is 10.9. The van der Waals surface area contributed by atoms with Crippen LogP contribution in [-0.2, 0) is 28.5 Å². The maximum absolute atomic E-state index is 13.0. The molecule has 2 heterocycles. The van der Waals surface area contributed by atoms with Gasteiger partial charge in [0.15, 0.2) is 17.5 Å². The molecule has 9 heteroatoms. The molecule has 2 aliphatic carbocycles. The Bertz CT molecular complexity index is 932. The van der Waals surface area contributed by atoms with E-state index >= 15 is 0 Å². The number of hydrogen-bond acceptors (Lipinski definition) is 9. The largest absolute Gasteiger partial charge is 0.452 e. The number of carbonyl (C=O) groups excluding carboxylic acids is 2. The van der Waals surface area contributed by atoms with Crippen molar-refractivity contribution in [3.63, 3.8) is 0 Å². The van der Waals surface area contributed by atoms with Crippen LogP contribution in [0, 0.1) is 5.92 Å². The van der Waals surface area contributed by atoms with Gasteiger partial charge in [0.1, 0.15) is 12.2 Å². The Morgan fingerprint density at radius 2 is 1.84 bits per heavy atom. The molecule has 1 saturated carbocycles. The maximum atomic E-state index is 13.0. The van der Waals surface area contributed by atoms with E-state index < -0.39 is 64.9 Å². The van der Waals surface area contributed by atoms with Crippen molar-refractivity contribution in [2.45, 2.75) is 102 Å². The lowest BCUT2D eigenvalue weighted by molar-refractivity contribution is -0.382. The third-order valence-corrected chi connectivity index (χ3v) is 7.55. The molecule has 0 aromatic carbocycles. The van der Waals surface area contributed by atoms with E-state index in [2.05, 4.69) is 0 Å². The first kappa shape index (κ1) is 23.4. The summed E-state index contributed by atoms with van der Waals surface area (Å²) in [5.74, 6) is -3.55. The minimum Gasteiger partial charge on any atom is -0.452 e. The predicted molar refractivity (Wildman–Crippen MR) is 110 cm³/mol. The highest BCUT2D eigenvalue weighted by atomic mass is 16.8. The highest BCUT2D eigenvalue weighted by Crippen LogP contribution is 2.59. The molecule has 32 heavy (non-hydrogen) atoms. The fraction of sp³-hybridized carbons (Fsp3) is 0.739. The zero-order chi connectivity index (χ0) is 24.0. The Balaban J connectivity index is 1.87. The summed E-state index contributed by atoms with van der Waals surface area (Å²) in [6.45, 7) is 11.2. The van der Waals surface area contributed by atoms with Crippen molar-refractivity contribution in [3.05, 3.63) is 22.8 Å². The normalized spacial score (nSPS) is 47.5. The van der Waals surface area contributed by atoms with E-state index in [1.165, 1.54) is 13.8 Å². The van der Waals surface area contributed by atoms with Gasteiger partial charge in [-0.1, -0.05) is 6.08 Å². The van der Waals surface area contributed by atoms with Crippen LogP contribution in [0.25, 0.3) is 0 Å². The van der Waals surface area contributed by atoms with Crippen LogP contribution in [0.5, 0.6) is 0 Å². The molecule has 2 saturated heterocycles. The predicted octanol–water partition coefficient (Wildman–Crippen LogP) is 0.893. The number of aliphatic hydroxyl groups is 3. The lowest BCUT2D eigenvalue weighted by Gasteiger charge is -2.52. The number of rotatable bonds is 2. The van der Waals surface area contributed by atoms with Gasteiger partial charge >= 0.3 is 11.9 Å². The molecule has 3 N–H and O–H groups in total. The monoisotopic (exact) mass is 452 g/mol. The average Bonchev–Trinajstić information content (AvgIpc) is 3.00. The molecule has 0 aromatic heterocycles. The van der Waals surface area contributed by atoms with E-state index in [4.69, 9.17) is 18.9 Å². The summed E-state index contributed by atoms with van der Waals surface area (Å²) in [5, 5.41) is 34.7. The van der Waals surface area contributed by atoms with Gasteiger partial charge in [0.2, 0.25) is 5.60 Å². The van der Waals surface area contributed by atoms with Gasteiger partial charge in [-0.25, -0.2) is 9.59 Å². The molecule has 8 atom stereocenters. The highest BCUT2D eigenvalue weighted by molar-refractivity contribution is 5.88. The Morgan fingerprint density at radius 3 is 2.44 bits per heavy atom. The molecule has 0 bridgehead atoms. The van der Waals surface area contributed by atoms with Crippen molar-refractivity contribution >= 4 is 11.9 Å². The van der Waals surface area contributed by atoms with Crippen LogP contribution in [0.2, 0.25) is 0 Å². The number of carbonyl (C=O) groups is 2. The smallest absolute Gasteiger partial charge is 0.342 e. The number of hydrogen-bond donors (Lipinski definition) is 3. The fourth-order valence-corrected chi connectivity index (χ4v) is 5.85. The Morgan fingerprint density at radius 1 is 1.22 bits per heavy atom. The van der Waals surface area contributed by atoms with Gasteiger partial charge in [0.05, 0.1) is 11.7 Å². The summed E-state index contributed by atoms with van der Waals surface area (Å²) in [6, 6.07) is 0.